The molecule has 0 fully saturated rings. The summed E-state index contributed by atoms with van der Waals surface area (Å²) in [5.74, 6) is 0.859. The first-order valence-electron chi connectivity index (χ1n) is 10.6. The second-order valence-corrected chi connectivity index (χ2v) is 8.17. The molecule has 0 radical (unpaired) electrons. The van der Waals surface area contributed by atoms with Crippen molar-refractivity contribution in [1.82, 2.24) is 4.90 Å². The fourth-order valence-electron chi connectivity index (χ4n) is 3.50. The van der Waals surface area contributed by atoms with E-state index in [2.05, 4.69) is 53.4 Å². The SMILES string of the molecule is CN(C)CCOc1ccc(C(=C(CCCO)c2ccccc2)c2ccc(Cl)cc2)cc1. The Morgan fingerprint density at radius 1 is 0.839 bits per heavy atom. The van der Waals surface area contributed by atoms with Crippen molar-refractivity contribution in [1.29, 1.82) is 0 Å². The summed E-state index contributed by atoms with van der Waals surface area (Å²) in [6, 6.07) is 26.6. The zero-order valence-corrected chi connectivity index (χ0v) is 19.0. The smallest absolute Gasteiger partial charge is 0.119 e. The van der Waals surface area contributed by atoms with Gasteiger partial charge in [-0.25, -0.2) is 0 Å². The van der Waals surface area contributed by atoms with Gasteiger partial charge in [-0.3, -0.25) is 0 Å². The summed E-state index contributed by atoms with van der Waals surface area (Å²) in [5, 5.41) is 10.2. The summed E-state index contributed by atoms with van der Waals surface area (Å²) < 4.78 is 5.87. The van der Waals surface area contributed by atoms with Crippen LogP contribution in [-0.4, -0.2) is 43.9 Å². The Hall–Kier alpha value is -2.59. The van der Waals surface area contributed by atoms with Gasteiger partial charge in [0.15, 0.2) is 0 Å². The maximum atomic E-state index is 9.52. The van der Waals surface area contributed by atoms with Crippen LogP contribution in [-0.2, 0) is 0 Å². The average Bonchev–Trinajstić information content (AvgIpc) is 2.79. The summed E-state index contributed by atoms with van der Waals surface area (Å²) in [7, 11) is 4.07. The van der Waals surface area contributed by atoms with Crippen LogP contribution in [0.2, 0.25) is 5.02 Å². The highest BCUT2D eigenvalue weighted by Gasteiger charge is 2.14. The van der Waals surface area contributed by atoms with Crippen LogP contribution >= 0.6 is 11.6 Å². The Labute approximate surface area is 190 Å². The van der Waals surface area contributed by atoms with Crippen molar-refractivity contribution < 1.29 is 9.84 Å². The van der Waals surface area contributed by atoms with E-state index in [0.717, 1.165) is 41.0 Å². The molecule has 3 aromatic rings. The molecular weight excluding hydrogens is 406 g/mol. The fraction of sp³-hybridized carbons (Fsp3) is 0.259. The van der Waals surface area contributed by atoms with Crippen LogP contribution in [0.5, 0.6) is 5.75 Å². The first-order valence-corrected chi connectivity index (χ1v) is 11.0. The molecule has 0 saturated carbocycles. The molecule has 3 aromatic carbocycles. The van der Waals surface area contributed by atoms with Crippen molar-refractivity contribution in [3.05, 3.63) is 101 Å². The number of halogens is 1. The maximum Gasteiger partial charge on any atom is 0.119 e. The molecule has 0 atom stereocenters. The van der Waals surface area contributed by atoms with Gasteiger partial charge in [-0.05, 0) is 79.0 Å². The minimum Gasteiger partial charge on any atom is -0.492 e. The molecule has 1 N–H and O–H groups in total. The third-order valence-electron chi connectivity index (χ3n) is 5.09. The Balaban J connectivity index is 2.05. The van der Waals surface area contributed by atoms with Gasteiger partial charge in [0.05, 0.1) is 0 Å². The van der Waals surface area contributed by atoms with Crippen molar-refractivity contribution in [3.63, 3.8) is 0 Å². The predicted molar refractivity (Wildman–Crippen MR) is 131 cm³/mol. The molecule has 3 nitrogen and oxygen atoms in total. The lowest BCUT2D eigenvalue weighted by Gasteiger charge is -2.18. The third-order valence-corrected chi connectivity index (χ3v) is 5.34. The van der Waals surface area contributed by atoms with E-state index in [4.69, 9.17) is 16.3 Å². The van der Waals surface area contributed by atoms with Gasteiger partial charge >= 0.3 is 0 Å². The van der Waals surface area contributed by atoms with Gasteiger partial charge in [0, 0.05) is 18.2 Å². The average molecular weight is 436 g/mol. The van der Waals surface area contributed by atoms with E-state index >= 15 is 0 Å². The number of benzene rings is 3. The molecule has 31 heavy (non-hydrogen) atoms. The number of nitrogens with zero attached hydrogens (tertiary/aromatic N) is 1. The number of hydrogen-bond acceptors (Lipinski definition) is 3. The van der Waals surface area contributed by atoms with Crippen molar-refractivity contribution in [2.24, 2.45) is 0 Å². The summed E-state index contributed by atoms with van der Waals surface area (Å²) in [6.07, 6.45) is 1.48. The van der Waals surface area contributed by atoms with Crippen LogP contribution in [0.15, 0.2) is 78.9 Å². The van der Waals surface area contributed by atoms with Crippen molar-refractivity contribution in [2.75, 3.05) is 33.9 Å². The monoisotopic (exact) mass is 435 g/mol. The van der Waals surface area contributed by atoms with Crippen molar-refractivity contribution in [2.45, 2.75) is 12.8 Å². The van der Waals surface area contributed by atoms with Gasteiger partial charge in [-0.15, -0.1) is 0 Å². The first-order chi connectivity index (χ1) is 15.1. The topological polar surface area (TPSA) is 32.7 Å². The molecule has 162 valence electrons. The minimum absolute atomic E-state index is 0.156. The molecule has 0 bridgehead atoms. The van der Waals surface area contributed by atoms with E-state index in [1.807, 2.05) is 44.4 Å². The first kappa shape index (κ1) is 23.1. The standard InChI is InChI=1S/C27H30ClNO2/c1-29(2)18-20-31-25-16-12-23(13-17-25)27(22-10-14-24(28)15-11-22)26(9-6-19-30)21-7-4-3-5-8-21/h3-5,7-8,10-17,30H,6,9,18-20H2,1-2H3. The lowest BCUT2D eigenvalue weighted by molar-refractivity contribution is 0.261. The summed E-state index contributed by atoms with van der Waals surface area (Å²) in [6.45, 7) is 1.68. The van der Waals surface area contributed by atoms with Gasteiger partial charge in [0.2, 0.25) is 0 Å². The number of allylic oxidation sites excluding steroid dienone is 1. The van der Waals surface area contributed by atoms with Gasteiger partial charge in [-0.1, -0.05) is 66.2 Å². The zero-order chi connectivity index (χ0) is 22.1. The predicted octanol–water partition coefficient (Wildman–Crippen LogP) is 6.01. The number of likely N-dealkylation sites (N-methyl/N-ethyl adjacent to an activating group) is 1. The molecule has 4 heteroatoms. The molecular formula is C27H30ClNO2. The molecule has 3 rings (SSSR count). The Bertz CT molecular complexity index is 964. The number of ether oxygens (including phenoxy) is 1. The second-order valence-electron chi connectivity index (χ2n) is 7.73. The molecule has 0 aliphatic rings. The molecule has 0 aliphatic carbocycles. The molecule has 0 aromatic heterocycles. The Kier molecular flexibility index (Phi) is 8.72. The highest BCUT2D eigenvalue weighted by molar-refractivity contribution is 6.30. The fourth-order valence-corrected chi connectivity index (χ4v) is 3.63. The number of rotatable bonds is 10. The lowest BCUT2D eigenvalue weighted by atomic mass is 9.87. The van der Waals surface area contributed by atoms with E-state index in [-0.39, 0.29) is 6.61 Å². The van der Waals surface area contributed by atoms with Crippen LogP contribution in [0.3, 0.4) is 0 Å². The normalized spacial score (nSPS) is 12.0. The van der Waals surface area contributed by atoms with E-state index in [1.54, 1.807) is 0 Å². The summed E-state index contributed by atoms with van der Waals surface area (Å²) in [5.41, 5.74) is 5.73. The van der Waals surface area contributed by atoms with Crippen LogP contribution in [0.1, 0.15) is 29.5 Å². The van der Waals surface area contributed by atoms with Crippen molar-refractivity contribution in [3.8, 4) is 5.75 Å². The summed E-state index contributed by atoms with van der Waals surface area (Å²) in [4.78, 5) is 2.10. The van der Waals surface area contributed by atoms with E-state index < -0.39 is 0 Å². The number of hydrogen-bond donors (Lipinski definition) is 1. The highest BCUT2D eigenvalue weighted by atomic mass is 35.5. The van der Waals surface area contributed by atoms with Gasteiger partial charge in [0.1, 0.15) is 12.4 Å². The lowest BCUT2D eigenvalue weighted by Crippen LogP contribution is -2.19. The highest BCUT2D eigenvalue weighted by Crippen LogP contribution is 2.36. The van der Waals surface area contributed by atoms with Crippen LogP contribution < -0.4 is 4.74 Å². The quantitative estimate of drug-likeness (QED) is 0.396. The van der Waals surface area contributed by atoms with Gasteiger partial charge < -0.3 is 14.7 Å². The molecule has 0 aliphatic heterocycles. The zero-order valence-electron chi connectivity index (χ0n) is 18.2. The number of aliphatic hydroxyl groups is 1. The minimum atomic E-state index is 0.156. The van der Waals surface area contributed by atoms with Crippen LogP contribution in [0, 0.1) is 0 Å². The molecule has 0 spiro atoms. The molecule has 0 amide bonds. The van der Waals surface area contributed by atoms with E-state index in [1.165, 1.54) is 5.57 Å². The third kappa shape index (κ3) is 6.70. The molecule has 0 unspecified atom stereocenters. The molecule has 0 saturated heterocycles. The van der Waals surface area contributed by atoms with Gasteiger partial charge in [0.25, 0.3) is 0 Å². The van der Waals surface area contributed by atoms with E-state index in [0.29, 0.717) is 18.1 Å². The second kappa shape index (κ2) is 11.7. The Morgan fingerprint density at radius 3 is 2.03 bits per heavy atom. The molecule has 0 heterocycles. The van der Waals surface area contributed by atoms with Crippen LogP contribution in [0.25, 0.3) is 11.1 Å². The summed E-state index contributed by atoms with van der Waals surface area (Å²) >= 11 is 6.16. The van der Waals surface area contributed by atoms with Crippen LogP contribution in [0.4, 0.5) is 0 Å². The van der Waals surface area contributed by atoms with Gasteiger partial charge in [-0.2, -0.15) is 0 Å². The maximum absolute atomic E-state index is 9.52. The van der Waals surface area contributed by atoms with Crippen molar-refractivity contribution >= 4 is 22.7 Å². The largest absolute Gasteiger partial charge is 0.492 e. The number of aliphatic hydroxyl groups excluding tert-OH is 1. The Morgan fingerprint density at radius 2 is 1.45 bits per heavy atom. The van der Waals surface area contributed by atoms with E-state index in [9.17, 15) is 5.11 Å².